The lowest BCUT2D eigenvalue weighted by molar-refractivity contribution is 0.0611. The van der Waals surface area contributed by atoms with E-state index in [-0.39, 0.29) is 36.2 Å². The Morgan fingerprint density at radius 2 is 1.39 bits per heavy atom. The molecular formula is C37H31BrN2O4. The Morgan fingerprint density at radius 3 is 2.05 bits per heavy atom. The Labute approximate surface area is 265 Å². The lowest BCUT2D eigenvalue weighted by atomic mass is 9.86. The number of imide groups is 1. The molecule has 7 heteroatoms. The Morgan fingerprint density at radius 1 is 0.750 bits per heavy atom. The van der Waals surface area contributed by atoms with E-state index >= 15 is 0 Å². The second-order valence-electron chi connectivity index (χ2n) is 11.8. The highest BCUT2D eigenvalue weighted by Crippen LogP contribution is 2.34. The van der Waals surface area contributed by atoms with E-state index in [0.717, 1.165) is 15.4 Å². The fourth-order valence-corrected chi connectivity index (χ4v) is 5.91. The van der Waals surface area contributed by atoms with Crippen molar-refractivity contribution in [3.05, 3.63) is 136 Å². The van der Waals surface area contributed by atoms with E-state index in [1.807, 2.05) is 84.9 Å². The number of carbonyl (C=O) groups excluding carboxylic acids is 3. The van der Waals surface area contributed by atoms with E-state index in [1.54, 1.807) is 29.2 Å². The van der Waals surface area contributed by atoms with E-state index in [2.05, 4.69) is 36.7 Å². The van der Waals surface area contributed by atoms with Crippen LogP contribution in [0.5, 0.6) is 11.5 Å². The zero-order chi connectivity index (χ0) is 31.0. The molecule has 0 saturated heterocycles. The van der Waals surface area contributed by atoms with Gasteiger partial charge in [-0.25, -0.2) is 0 Å². The molecule has 1 heterocycles. The molecule has 5 aromatic rings. The number of halogens is 1. The van der Waals surface area contributed by atoms with Gasteiger partial charge >= 0.3 is 0 Å². The van der Waals surface area contributed by atoms with E-state index < -0.39 is 0 Å². The van der Waals surface area contributed by atoms with Crippen LogP contribution in [0.2, 0.25) is 0 Å². The summed E-state index contributed by atoms with van der Waals surface area (Å²) < 4.78 is 6.77. The van der Waals surface area contributed by atoms with Gasteiger partial charge < -0.3 is 9.64 Å². The summed E-state index contributed by atoms with van der Waals surface area (Å²) in [6.07, 6.45) is 0. The summed E-state index contributed by atoms with van der Waals surface area (Å²) >= 11 is 3.54. The van der Waals surface area contributed by atoms with Crippen molar-refractivity contribution in [2.24, 2.45) is 0 Å². The molecule has 44 heavy (non-hydrogen) atoms. The molecule has 0 spiro atoms. The van der Waals surface area contributed by atoms with Crippen molar-refractivity contribution >= 4 is 50.1 Å². The first-order chi connectivity index (χ1) is 21.1. The summed E-state index contributed by atoms with van der Waals surface area (Å²) in [5, 5.41) is 1.46. The van der Waals surface area contributed by atoms with Gasteiger partial charge in [0.05, 0.1) is 0 Å². The maximum Gasteiger partial charge on any atom is 0.261 e. The highest BCUT2D eigenvalue weighted by molar-refractivity contribution is 9.10. The van der Waals surface area contributed by atoms with Crippen molar-refractivity contribution in [3.8, 4) is 11.5 Å². The van der Waals surface area contributed by atoms with Crippen molar-refractivity contribution in [2.75, 3.05) is 18.0 Å². The molecule has 3 amide bonds. The first-order valence-electron chi connectivity index (χ1n) is 14.4. The van der Waals surface area contributed by atoms with E-state index in [1.165, 1.54) is 4.90 Å². The predicted molar refractivity (Wildman–Crippen MR) is 177 cm³/mol. The van der Waals surface area contributed by atoms with Gasteiger partial charge in [0.1, 0.15) is 11.5 Å². The third-order valence-corrected chi connectivity index (χ3v) is 8.55. The number of benzene rings is 5. The maximum atomic E-state index is 14.0. The van der Waals surface area contributed by atoms with Crippen LogP contribution in [0.25, 0.3) is 10.8 Å². The highest BCUT2D eigenvalue weighted by atomic mass is 79.9. The average molecular weight is 648 g/mol. The van der Waals surface area contributed by atoms with Crippen LogP contribution in [0, 0.1) is 0 Å². The first kappa shape index (κ1) is 29.3. The molecule has 1 aliphatic rings. The number of hydrogen-bond donors (Lipinski definition) is 0. The van der Waals surface area contributed by atoms with Crippen molar-refractivity contribution in [2.45, 2.75) is 26.2 Å². The van der Waals surface area contributed by atoms with Crippen molar-refractivity contribution in [1.29, 1.82) is 0 Å². The molecule has 0 saturated carbocycles. The van der Waals surface area contributed by atoms with Gasteiger partial charge in [0, 0.05) is 45.3 Å². The molecule has 5 aromatic carbocycles. The zero-order valence-corrected chi connectivity index (χ0v) is 26.3. The van der Waals surface area contributed by atoms with Gasteiger partial charge in [-0.15, -0.1) is 0 Å². The lowest BCUT2D eigenvalue weighted by Gasteiger charge is -2.30. The normalized spacial score (nSPS) is 12.9. The van der Waals surface area contributed by atoms with Crippen LogP contribution in [0.3, 0.4) is 0 Å². The average Bonchev–Trinajstić information content (AvgIpc) is 3.03. The lowest BCUT2D eigenvalue weighted by Crippen LogP contribution is -2.46. The summed E-state index contributed by atoms with van der Waals surface area (Å²) in [5.74, 6) is 0.348. The van der Waals surface area contributed by atoms with Gasteiger partial charge in [0.25, 0.3) is 17.7 Å². The minimum absolute atomic E-state index is 0.0254. The number of para-hydroxylation sites is 1. The third-order valence-electron chi connectivity index (χ3n) is 7.86. The Bertz CT molecular complexity index is 1860. The Hall–Kier alpha value is -4.75. The van der Waals surface area contributed by atoms with Gasteiger partial charge in [-0.3, -0.25) is 19.3 Å². The number of ether oxygens (including phenoxy) is 1. The predicted octanol–water partition coefficient (Wildman–Crippen LogP) is 8.64. The molecule has 6 nitrogen and oxygen atoms in total. The Balaban J connectivity index is 1.30. The molecule has 0 unspecified atom stereocenters. The maximum absolute atomic E-state index is 14.0. The molecule has 0 radical (unpaired) electrons. The van der Waals surface area contributed by atoms with Gasteiger partial charge in [0.2, 0.25) is 0 Å². The van der Waals surface area contributed by atoms with Crippen LogP contribution >= 0.6 is 15.9 Å². The summed E-state index contributed by atoms with van der Waals surface area (Å²) in [6, 6.07) is 33.3. The van der Waals surface area contributed by atoms with Crippen LogP contribution < -0.4 is 9.64 Å². The second kappa shape index (κ2) is 11.7. The van der Waals surface area contributed by atoms with E-state index in [4.69, 9.17) is 4.74 Å². The molecule has 0 bridgehead atoms. The van der Waals surface area contributed by atoms with Gasteiger partial charge in [0.15, 0.2) is 0 Å². The molecule has 0 fully saturated rings. The summed E-state index contributed by atoms with van der Waals surface area (Å²) in [6.45, 7) is 6.51. The van der Waals surface area contributed by atoms with Gasteiger partial charge in [-0.05, 0) is 83.1 Å². The summed E-state index contributed by atoms with van der Waals surface area (Å²) in [7, 11) is 0. The molecule has 0 aromatic heterocycles. The number of rotatable bonds is 7. The number of carbonyl (C=O) groups is 3. The monoisotopic (exact) mass is 646 g/mol. The largest absolute Gasteiger partial charge is 0.457 e. The number of amides is 3. The van der Waals surface area contributed by atoms with Crippen molar-refractivity contribution in [3.63, 3.8) is 0 Å². The summed E-state index contributed by atoms with van der Waals surface area (Å²) in [4.78, 5) is 44.1. The highest BCUT2D eigenvalue weighted by Gasteiger charge is 2.34. The Kier molecular flexibility index (Phi) is 7.82. The van der Waals surface area contributed by atoms with Crippen LogP contribution in [0.1, 0.15) is 57.4 Å². The molecule has 0 atom stereocenters. The standard InChI is InChI=1S/C37H31BrN2O4/c1-37(2,3)25-14-12-24(13-15-25)34(41)39(26-16-18-28(19-17-26)44-27-8-5-4-6-9-27)22-23-40-35(42)30-11-7-10-29-32(38)21-20-31(33(29)30)36(40)43/h4-21H,22-23H2,1-3H3. The van der Waals surface area contributed by atoms with Gasteiger partial charge in [-0.1, -0.05) is 79.2 Å². The molecule has 6 rings (SSSR count). The van der Waals surface area contributed by atoms with Crippen LogP contribution in [0.4, 0.5) is 5.69 Å². The zero-order valence-electron chi connectivity index (χ0n) is 24.7. The van der Waals surface area contributed by atoms with Crippen molar-refractivity contribution < 1.29 is 19.1 Å². The first-order valence-corrected chi connectivity index (χ1v) is 15.2. The topological polar surface area (TPSA) is 66.9 Å². The SMILES string of the molecule is CC(C)(C)c1ccc(C(=O)N(CCN2C(=O)c3cccc4c(Br)ccc(c34)C2=O)c2ccc(Oc3ccccc3)cc2)cc1. The van der Waals surface area contributed by atoms with Crippen LogP contribution in [-0.2, 0) is 5.41 Å². The van der Waals surface area contributed by atoms with Gasteiger partial charge in [-0.2, -0.15) is 0 Å². The third kappa shape index (κ3) is 5.63. The fourth-order valence-electron chi connectivity index (χ4n) is 5.45. The quantitative estimate of drug-likeness (QED) is 0.166. The molecule has 0 N–H and O–H groups in total. The van der Waals surface area contributed by atoms with Crippen LogP contribution in [-0.4, -0.2) is 35.7 Å². The molecule has 1 aliphatic heterocycles. The van der Waals surface area contributed by atoms with E-state index in [9.17, 15) is 14.4 Å². The minimum Gasteiger partial charge on any atom is -0.457 e. The second-order valence-corrected chi connectivity index (χ2v) is 12.6. The van der Waals surface area contributed by atoms with Crippen LogP contribution in [0.15, 0.2) is 114 Å². The molecule has 0 aliphatic carbocycles. The number of hydrogen-bond acceptors (Lipinski definition) is 4. The summed E-state index contributed by atoms with van der Waals surface area (Å²) in [5.41, 5.74) is 3.14. The fraction of sp³-hybridized carbons (Fsp3) is 0.162. The van der Waals surface area contributed by atoms with E-state index in [0.29, 0.717) is 39.3 Å². The molecule has 220 valence electrons. The smallest absolute Gasteiger partial charge is 0.261 e. The van der Waals surface area contributed by atoms with Crippen molar-refractivity contribution in [1.82, 2.24) is 4.90 Å². The number of nitrogens with zero attached hydrogens (tertiary/aromatic N) is 2. The molecular weight excluding hydrogens is 616 g/mol. The minimum atomic E-state index is -0.375. The number of anilines is 1.